The van der Waals surface area contributed by atoms with Gasteiger partial charge in [0.25, 0.3) is 0 Å². The average molecular weight is 289 g/mol. The van der Waals surface area contributed by atoms with Crippen LogP contribution in [0.4, 0.5) is 5.69 Å². The van der Waals surface area contributed by atoms with Crippen LogP contribution in [0.1, 0.15) is 30.9 Å². The van der Waals surface area contributed by atoms with Crippen LogP contribution in [0.2, 0.25) is 0 Å². The number of hydrogen-bond acceptors (Lipinski definition) is 3. The van der Waals surface area contributed by atoms with E-state index in [0.29, 0.717) is 0 Å². The summed E-state index contributed by atoms with van der Waals surface area (Å²) in [5.74, 6) is 6.60. The van der Waals surface area contributed by atoms with Crippen LogP contribution in [-0.4, -0.2) is 28.1 Å². The van der Waals surface area contributed by atoms with Crippen molar-refractivity contribution in [3.8, 4) is 11.8 Å². The third-order valence-electron chi connectivity index (χ3n) is 3.35. The maximum atomic E-state index is 12.4. The van der Waals surface area contributed by atoms with Crippen LogP contribution in [0.15, 0.2) is 18.2 Å². The molecule has 0 saturated carbocycles. The standard InChI is InChI=1S/C16H19NO2S/c1-12-9-13(5-3-7-18)11-14(10-12)17-15(19)16(2)6-4-8-20-16/h9-11,18H,4,6-8H2,1-2H3,(H,17,19). The van der Waals surface area contributed by atoms with Gasteiger partial charge in [0.15, 0.2) is 0 Å². The van der Waals surface area contributed by atoms with E-state index in [1.807, 2.05) is 32.0 Å². The normalized spacial score (nSPS) is 21.1. The topological polar surface area (TPSA) is 49.3 Å². The predicted octanol–water partition coefficient (Wildman–Crippen LogP) is 2.56. The number of carbonyl (C=O) groups excluding carboxylic acids is 1. The SMILES string of the molecule is Cc1cc(C#CCO)cc(NC(=O)C2(C)CCCS2)c1. The molecule has 1 fully saturated rings. The molecule has 0 spiro atoms. The molecule has 0 radical (unpaired) electrons. The molecule has 2 rings (SSSR count). The zero-order valence-corrected chi connectivity index (χ0v) is 12.6. The number of amides is 1. The summed E-state index contributed by atoms with van der Waals surface area (Å²) >= 11 is 1.72. The molecule has 20 heavy (non-hydrogen) atoms. The van der Waals surface area contributed by atoms with Crippen LogP contribution < -0.4 is 5.32 Å². The van der Waals surface area contributed by atoms with Crippen molar-refractivity contribution in [2.45, 2.75) is 31.4 Å². The van der Waals surface area contributed by atoms with Crippen LogP contribution in [0, 0.1) is 18.8 Å². The minimum atomic E-state index is -0.319. The van der Waals surface area contributed by atoms with Crippen molar-refractivity contribution in [2.75, 3.05) is 17.7 Å². The first kappa shape index (κ1) is 15.0. The third-order valence-corrected chi connectivity index (χ3v) is 4.87. The van der Waals surface area contributed by atoms with Gasteiger partial charge in [0.2, 0.25) is 5.91 Å². The van der Waals surface area contributed by atoms with Gasteiger partial charge in [-0.25, -0.2) is 0 Å². The van der Waals surface area contributed by atoms with Crippen molar-refractivity contribution in [2.24, 2.45) is 0 Å². The first-order valence-corrected chi connectivity index (χ1v) is 7.69. The van der Waals surface area contributed by atoms with E-state index in [9.17, 15) is 4.79 Å². The number of rotatable bonds is 2. The molecule has 1 aromatic carbocycles. The summed E-state index contributed by atoms with van der Waals surface area (Å²) in [6.45, 7) is 3.80. The van der Waals surface area contributed by atoms with E-state index in [-0.39, 0.29) is 17.3 Å². The van der Waals surface area contributed by atoms with Crippen molar-refractivity contribution < 1.29 is 9.90 Å². The molecule has 0 aromatic heterocycles. The minimum absolute atomic E-state index is 0.0617. The maximum absolute atomic E-state index is 12.4. The Balaban J connectivity index is 2.16. The van der Waals surface area contributed by atoms with E-state index in [0.717, 1.165) is 35.4 Å². The summed E-state index contributed by atoms with van der Waals surface area (Å²) in [4.78, 5) is 12.4. The van der Waals surface area contributed by atoms with Gasteiger partial charge in [0.05, 0.1) is 4.75 Å². The molecule has 1 saturated heterocycles. The summed E-state index contributed by atoms with van der Waals surface area (Å²) in [5, 5.41) is 11.7. The number of hydrogen-bond donors (Lipinski definition) is 2. The van der Waals surface area contributed by atoms with Gasteiger partial charge in [0.1, 0.15) is 6.61 Å². The quantitative estimate of drug-likeness (QED) is 0.823. The zero-order chi connectivity index (χ0) is 14.6. The van der Waals surface area contributed by atoms with Crippen molar-refractivity contribution in [3.05, 3.63) is 29.3 Å². The van der Waals surface area contributed by atoms with Crippen molar-refractivity contribution >= 4 is 23.4 Å². The van der Waals surface area contributed by atoms with Gasteiger partial charge in [0, 0.05) is 11.3 Å². The van der Waals surface area contributed by atoms with E-state index in [2.05, 4.69) is 17.2 Å². The Morgan fingerprint density at radius 1 is 1.50 bits per heavy atom. The molecule has 106 valence electrons. The van der Waals surface area contributed by atoms with Gasteiger partial charge in [-0.1, -0.05) is 11.8 Å². The lowest BCUT2D eigenvalue weighted by atomic mass is 10.0. The molecule has 1 unspecified atom stereocenters. The molecule has 1 aliphatic heterocycles. The largest absolute Gasteiger partial charge is 0.384 e. The molecule has 1 aliphatic rings. The number of benzene rings is 1. The Bertz CT molecular complexity index is 566. The Kier molecular flexibility index (Phi) is 4.74. The smallest absolute Gasteiger partial charge is 0.240 e. The number of nitrogens with one attached hydrogen (secondary N) is 1. The Morgan fingerprint density at radius 2 is 2.30 bits per heavy atom. The van der Waals surface area contributed by atoms with Crippen molar-refractivity contribution in [1.29, 1.82) is 0 Å². The van der Waals surface area contributed by atoms with Gasteiger partial charge in [-0.3, -0.25) is 4.79 Å². The molecule has 1 heterocycles. The van der Waals surface area contributed by atoms with E-state index < -0.39 is 0 Å². The molecule has 0 bridgehead atoms. The number of carbonyl (C=O) groups is 1. The Hall–Kier alpha value is -1.44. The van der Waals surface area contributed by atoms with Gasteiger partial charge < -0.3 is 10.4 Å². The fourth-order valence-corrected chi connectivity index (χ4v) is 3.50. The van der Waals surface area contributed by atoms with E-state index in [1.165, 1.54) is 0 Å². The second-order valence-electron chi connectivity index (χ2n) is 5.18. The third kappa shape index (κ3) is 3.56. The van der Waals surface area contributed by atoms with Crippen LogP contribution in [0.3, 0.4) is 0 Å². The van der Waals surface area contributed by atoms with Crippen LogP contribution in [0.5, 0.6) is 0 Å². The molecule has 3 nitrogen and oxygen atoms in total. The number of aliphatic hydroxyl groups is 1. The lowest BCUT2D eigenvalue weighted by Gasteiger charge is -2.21. The first-order valence-electron chi connectivity index (χ1n) is 6.70. The van der Waals surface area contributed by atoms with E-state index in [4.69, 9.17) is 5.11 Å². The Labute approximate surface area is 124 Å². The van der Waals surface area contributed by atoms with Gasteiger partial charge >= 0.3 is 0 Å². The summed E-state index contributed by atoms with van der Waals surface area (Å²) in [7, 11) is 0. The first-order chi connectivity index (χ1) is 9.53. The van der Waals surface area contributed by atoms with Crippen molar-refractivity contribution in [1.82, 2.24) is 0 Å². The summed E-state index contributed by atoms with van der Waals surface area (Å²) < 4.78 is -0.319. The maximum Gasteiger partial charge on any atom is 0.240 e. The number of aryl methyl sites for hydroxylation is 1. The summed E-state index contributed by atoms with van der Waals surface area (Å²) in [6, 6.07) is 5.71. The van der Waals surface area contributed by atoms with Gasteiger partial charge in [-0.15, -0.1) is 11.8 Å². The molecular formula is C16H19NO2S. The lowest BCUT2D eigenvalue weighted by Crippen LogP contribution is -2.34. The highest BCUT2D eigenvalue weighted by atomic mass is 32.2. The zero-order valence-electron chi connectivity index (χ0n) is 11.8. The highest BCUT2D eigenvalue weighted by Crippen LogP contribution is 2.38. The predicted molar refractivity (Wildman–Crippen MR) is 83.9 cm³/mol. The van der Waals surface area contributed by atoms with Crippen LogP contribution >= 0.6 is 11.8 Å². The minimum Gasteiger partial charge on any atom is -0.384 e. The summed E-state index contributed by atoms with van der Waals surface area (Å²) in [5.41, 5.74) is 2.61. The number of thioether (sulfide) groups is 1. The van der Waals surface area contributed by atoms with Gasteiger partial charge in [-0.2, -0.15) is 0 Å². The molecular weight excluding hydrogens is 270 g/mol. The summed E-state index contributed by atoms with van der Waals surface area (Å²) in [6.07, 6.45) is 2.02. The second-order valence-corrected chi connectivity index (χ2v) is 6.78. The highest BCUT2D eigenvalue weighted by Gasteiger charge is 2.37. The molecule has 1 aromatic rings. The fraction of sp³-hybridized carbons (Fsp3) is 0.438. The monoisotopic (exact) mass is 289 g/mol. The van der Waals surface area contributed by atoms with E-state index >= 15 is 0 Å². The Morgan fingerprint density at radius 3 is 2.95 bits per heavy atom. The average Bonchev–Trinajstić information content (AvgIpc) is 2.84. The number of anilines is 1. The lowest BCUT2D eigenvalue weighted by molar-refractivity contribution is -0.118. The molecule has 1 atom stereocenters. The molecule has 1 amide bonds. The van der Waals surface area contributed by atoms with Crippen LogP contribution in [-0.2, 0) is 4.79 Å². The molecule has 0 aliphatic carbocycles. The molecule has 2 N–H and O–H groups in total. The fourth-order valence-electron chi connectivity index (χ4n) is 2.29. The van der Waals surface area contributed by atoms with Crippen LogP contribution in [0.25, 0.3) is 0 Å². The van der Waals surface area contributed by atoms with E-state index in [1.54, 1.807) is 11.8 Å². The van der Waals surface area contributed by atoms with Gasteiger partial charge in [-0.05, 0) is 56.2 Å². The highest BCUT2D eigenvalue weighted by molar-refractivity contribution is 8.01. The molecule has 4 heteroatoms. The second kappa shape index (κ2) is 6.34. The number of aliphatic hydroxyl groups excluding tert-OH is 1. The van der Waals surface area contributed by atoms with Crippen molar-refractivity contribution in [3.63, 3.8) is 0 Å².